The molecule has 50 valence electrons. The summed E-state index contributed by atoms with van der Waals surface area (Å²) in [6.07, 6.45) is 3.27. The van der Waals surface area contributed by atoms with Crippen LogP contribution in [0.4, 0.5) is 5.82 Å². The molecule has 10 heavy (non-hydrogen) atoms. The van der Waals surface area contributed by atoms with E-state index in [9.17, 15) is 0 Å². The van der Waals surface area contributed by atoms with Crippen LogP contribution < -0.4 is 5.32 Å². The highest BCUT2D eigenvalue weighted by Crippen LogP contribution is 2.10. The van der Waals surface area contributed by atoms with E-state index in [1.54, 1.807) is 18.3 Å². The average molecular weight is 154 g/mol. The summed E-state index contributed by atoms with van der Waals surface area (Å²) in [5.41, 5.74) is 0. The molecule has 0 aliphatic rings. The fourth-order valence-corrected chi connectivity index (χ4v) is 0.690. The van der Waals surface area contributed by atoms with Crippen LogP contribution in [0, 0.1) is 11.5 Å². The second-order valence-electron chi connectivity index (χ2n) is 1.60. The van der Waals surface area contributed by atoms with Gasteiger partial charge in [0, 0.05) is 17.3 Å². The zero-order chi connectivity index (χ0) is 7.40. The lowest BCUT2D eigenvalue weighted by Gasteiger charge is -1.93. The molecule has 3 nitrogen and oxygen atoms in total. The minimum Gasteiger partial charge on any atom is -0.277 e. The van der Waals surface area contributed by atoms with E-state index < -0.39 is 0 Å². The molecule has 1 aromatic heterocycles. The Morgan fingerprint density at radius 1 is 1.70 bits per heavy atom. The van der Waals surface area contributed by atoms with Gasteiger partial charge in [-0.25, -0.2) is 4.98 Å². The molecular formula is C6H4ClN3. The van der Waals surface area contributed by atoms with Gasteiger partial charge in [0.05, 0.1) is 0 Å². The molecule has 0 aliphatic heterocycles. The first kappa shape index (κ1) is 6.84. The Morgan fingerprint density at radius 3 is 3.10 bits per heavy atom. The number of nitrogens with zero attached hydrogens (tertiary/aromatic N) is 2. The van der Waals surface area contributed by atoms with Crippen LogP contribution in [0.5, 0.6) is 0 Å². The highest BCUT2D eigenvalue weighted by atomic mass is 35.5. The molecule has 0 aromatic carbocycles. The molecule has 0 saturated heterocycles. The number of hydrogen-bond donors (Lipinski definition) is 1. The lowest BCUT2D eigenvalue weighted by atomic mass is 10.5. The van der Waals surface area contributed by atoms with Crippen LogP contribution in [-0.2, 0) is 0 Å². The Hall–Kier alpha value is -1.27. The van der Waals surface area contributed by atoms with Crippen molar-refractivity contribution < 1.29 is 0 Å². The van der Waals surface area contributed by atoms with Gasteiger partial charge in [0.1, 0.15) is 5.82 Å². The second kappa shape index (κ2) is 3.04. The quantitative estimate of drug-likeness (QED) is 0.493. The van der Waals surface area contributed by atoms with Crippen LogP contribution in [0.15, 0.2) is 18.3 Å². The van der Waals surface area contributed by atoms with E-state index in [2.05, 4.69) is 10.3 Å². The lowest BCUT2D eigenvalue weighted by Crippen LogP contribution is -1.89. The van der Waals surface area contributed by atoms with Gasteiger partial charge in [-0.15, -0.1) is 0 Å². The Balaban J connectivity index is 2.87. The van der Waals surface area contributed by atoms with Gasteiger partial charge in [0.15, 0.2) is 6.19 Å². The number of hydrogen-bond acceptors (Lipinski definition) is 3. The molecule has 1 rings (SSSR count). The number of pyridine rings is 1. The molecule has 0 unspecified atom stereocenters. The van der Waals surface area contributed by atoms with Crippen LogP contribution >= 0.6 is 11.6 Å². The monoisotopic (exact) mass is 153 g/mol. The fraction of sp³-hybridized carbons (Fsp3) is 0. The topological polar surface area (TPSA) is 48.7 Å². The minimum atomic E-state index is 0.468. The number of halogens is 1. The first-order valence-electron chi connectivity index (χ1n) is 2.59. The largest absolute Gasteiger partial charge is 0.277 e. The first-order valence-corrected chi connectivity index (χ1v) is 2.97. The minimum absolute atomic E-state index is 0.468. The molecule has 0 saturated carbocycles. The molecule has 0 amide bonds. The number of aromatic nitrogens is 1. The molecule has 1 aromatic rings. The molecule has 0 spiro atoms. The molecule has 0 bridgehead atoms. The van der Waals surface area contributed by atoms with Crippen LogP contribution in [0.1, 0.15) is 0 Å². The van der Waals surface area contributed by atoms with Gasteiger partial charge in [-0.2, -0.15) is 5.26 Å². The van der Waals surface area contributed by atoms with Gasteiger partial charge < -0.3 is 0 Å². The van der Waals surface area contributed by atoms with Crippen molar-refractivity contribution in [2.24, 2.45) is 0 Å². The maximum atomic E-state index is 8.17. The van der Waals surface area contributed by atoms with Crippen molar-refractivity contribution >= 4 is 17.4 Å². The molecule has 1 N–H and O–H groups in total. The predicted molar refractivity (Wildman–Crippen MR) is 38.5 cm³/mol. The summed E-state index contributed by atoms with van der Waals surface area (Å²) in [6.45, 7) is 0. The van der Waals surface area contributed by atoms with Crippen molar-refractivity contribution in [3.8, 4) is 6.19 Å². The maximum absolute atomic E-state index is 8.17. The molecule has 0 atom stereocenters. The van der Waals surface area contributed by atoms with Gasteiger partial charge >= 0.3 is 0 Å². The molecule has 1 heterocycles. The summed E-state index contributed by atoms with van der Waals surface area (Å²) in [7, 11) is 0. The van der Waals surface area contributed by atoms with Gasteiger partial charge in [0.2, 0.25) is 0 Å². The van der Waals surface area contributed by atoms with Crippen LogP contribution in [0.25, 0.3) is 0 Å². The van der Waals surface area contributed by atoms with Crippen molar-refractivity contribution in [3.05, 3.63) is 23.4 Å². The third kappa shape index (κ3) is 1.61. The number of nitriles is 1. The van der Waals surface area contributed by atoms with Gasteiger partial charge in [-0.05, 0) is 6.07 Å². The van der Waals surface area contributed by atoms with E-state index in [1.807, 2.05) is 0 Å². The Kier molecular flexibility index (Phi) is 2.08. The van der Waals surface area contributed by atoms with Crippen molar-refractivity contribution in [2.45, 2.75) is 0 Å². The Bertz CT molecular complexity index is 266. The molecule has 0 fully saturated rings. The average Bonchev–Trinajstić information content (AvgIpc) is 1.88. The fourth-order valence-electron chi connectivity index (χ4n) is 0.530. The Morgan fingerprint density at radius 2 is 2.50 bits per heavy atom. The van der Waals surface area contributed by atoms with Gasteiger partial charge in [-0.3, -0.25) is 5.32 Å². The third-order valence-electron chi connectivity index (χ3n) is 0.906. The summed E-state index contributed by atoms with van der Waals surface area (Å²) >= 11 is 5.59. The molecule has 0 radical (unpaired) electrons. The van der Waals surface area contributed by atoms with Crippen LogP contribution in [0.3, 0.4) is 0 Å². The standard InChI is InChI=1S/C6H4ClN3/c7-5-1-2-9-6(3-5)10-4-8/h1-3H,(H,9,10). The molecule has 0 aliphatic carbocycles. The Labute approximate surface area is 63.3 Å². The van der Waals surface area contributed by atoms with Crippen LogP contribution in [-0.4, -0.2) is 4.98 Å². The van der Waals surface area contributed by atoms with E-state index in [-0.39, 0.29) is 0 Å². The van der Waals surface area contributed by atoms with Gasteiger partial charge in [-0.1, -0.05) is 11.6 Å². The summed E-state index contributed by atoms with van der Waals surface area (Å²) in [4.78, 5) is 3.81. The third-order valence-corrected chi connectivity index (χ3v) is 1.14. The predicted octanol–water partition coefficient (Wildman–Crippen LogP) is 1.63. The van der Waals surface area contributed by atoms with E-state index in [4.69, 9.17) is 16.9 Å². The van der Waals surface area contributed by atoms with E-state index >= 15 is 0 Å². The SMILES string of the molecule is N#CNc1cc(Cl)ccn1. The van der Waals surface area contributed by atoms with Gasteiger partial charge in [0.25, 0.3) is 0 Å². The maximum Gasteiger partial charge on any atom is 0.182 e. The van der Waals surface area contributed by atoms with E-state index in [1.165, 1.54) is 6.20 Å². The summed E-state index contributed by atoms with van der Waals surface area (Å²) < 4.78 is 0. The van der Waals surface area contributed by atoms with Crippen molar-refractivity contribution in [2.75, 3.05) is 5.32 Å². The lowest BCUT2D eigenvalue weighted by molar-refractivity contribution is 1.30. The van der Waals surface area contributed by atoms with E-state index in [0.717, 1.165) is 0 Å². The summed E-state index contributed by atoms with van der Waals surface area (Å²) in [6, 6.07) is 3.22. The van der Waals surface area contributed by atoms with Crippen molar-refractivity contribution in [1.82, 2.24) is 4.98 Å². The van der Waals surface area contributed by atoms with E-state index in [0.29, 0.717) is 10.8 Å². The number of nitrogens with one attached hydrogen (secondary N) is 1. The second-order valence-corrected chi connectivity index (χ2v) is 2.03. The molecular weight excluding hydrogens is 150 g/mol. The van der Waals surface area contributed by atoms with Crippen molar-refractivity contribution in [1.29, 1.82) is 5.26 Å². The first-order chi connectivity index (χ1) is 4.83. The normalized spacial score (nSPS) is 8.40. The molecule has 4 heteroatoms. The zero-order valence-corrected chi connectivity index (χ0v) is 5.76. The number of anilines is 1. The summed E-state index contributed by atoms with van der Waals surface area (Å²) in [5, 5.41) is 11.1. The highest BCUT2D eigenvalue weighted by Gasteiger charge is 1.90. The zero-order valence-electron chi connectivity index (χ0n) is 5.00. The summed E-state index contributed by atoms with van der Waals surface area (Å²) in [5.74, 6) is 0.468. The van der Waals surface area contributed by atoms with Crippen LogP contribution in [0.2, 0.25) is 5.02 Å². The highest BCUT2D eigenvalue weighted by molar-refractivity contribution is 6.30. The number of rotatable bonds is 1. The van der Waals surface area contributed by atoms with Crippen molar-refractivity contribution in [3.63, 3.8) is 0 Å². The smallest absolute Gasteiger partial charge is 0.182 e.